The zero-order valence-electron chi connectivity index (χ0n) is 6.85. The molecule has 3 nitrogen and oxygen atoms in total. The fourth-order valence-corrected chi connectivity index (χ4v) is 1.71. The minimum atomic E-state index is -0.0324. The van der Waals surface area contributed by atoms with Gasteiger partial charge in [0.1, 0.15) is 0 Å². The molecule has 11 heavy (non-hydrogen) atoms. The van der Waals surface area contributed by atoms with Crippen molar-refractivity contribution in [3.63, 3.8) is 0 Å². The summed E-state index contributed by atoms with van der Waals surface area (Å²) in [6, 6.07) is 0. The maximum absolute atomic E-state index is 11.2. The number of carbonyl (C=O) groups is 1. The Balaban J connectivity index is 2.28. The van der Waals surface area contributed by atoms with Crippen molar-refractivity contribution in [3.8, 4) is 0 Å². The lowest BCUT2D eigenvalue weighted by molar-refractivity contribution is -0.119. The summed E-state index contributed by atoms with van der Waals surface area (Å²) < 4.78 is 0. The average molecular weight is 152 g/mol. The van der Waals surface area contributed by atoms with E-state index in [1.807, 2.05) is 6.92 Å². The van der Waals surface area contributed by atoms with Crippen LogP contribution >= 0.6 is 0 Å². The Kier molecular flexibility index (Phi) is 1.22. The van der Waals surface area contributed by atoms with Crippen LogP contribution in [-0.4, -0.2) is 23.4 Å². The van der Waals surface area contributed by atoms with E-state index >= 15 is 0 Å². The molecule has 2 rings (SSSR count). The molecule has 1 saturated heterocycles. The number of nitrogens with zero attached hydrogens (tertiary/aromatic N) is 1. The van der Waals surface area contributed by atoms with Crippen molar-refractivity contribution in [1.29, 1.82) is 0 Å². The molecular weight excluding hydrogens is 140 g/mol. The molecule has 0 bridgehead atoms. The quantitative estimate of drug-likeness (QED) is 0.546. The SMILES string of the molecule is CC1=C(C)N2CCC(=O)C2N1. The van der Waals surface area contributed by atoms with Crippen LogP contribution < -0.4 is 5.32 Å². The Morgan fingerprint density at radius 3 is 2.91 bits per heavy atom. The van der Waals surface area contributed by atoms with Crippen LogP contribution in [0.5, 0.6) is 0 Å². The lowest BCUT2D eigenvalue weighted by Crippen LogP contribution is -2.36. The van der Waals surface area contributed by atoms with Gasteiger partial charge >= 0.3 is 0 Å². The second-order valence-corrected chi connectivity index (χ2v) is 3.17. The number of rotatable bonds is 0. The van der Waals surface area contributed by atoms with Crippen LogP contribution in [0.3, 0.4) is 0 Å². The van der Waals surface area contributed by atoms with Crippen molar-refractivity contribution in [2.24, 2.45) is 0 Å². The molecule has 1 unspecified atom stereocenters. The second kappa shape index (κ2) is 2.00. The molecule has 0 amide bonds. The van der Waals surface area contributed by atoms with Crippen molar-refractivity contribution in [2.75, 3.05) is 6.54 Å². The Morgan fingerprint density at radius 1 is 1.55 bits per heavy atom. The highest BCUT2D eigenvalue weighted by molar-refractivity contribution is 5.87. The highest BCUT2D eigenvalue weighted by Crippen LogP contribution is 2.25. The van der Waals surface area contributed by atoms with Crippen LogP contribution in [0, 0.1) is 0 Å². The number of allylic oxidation sites excluding steroid dienone is 2. The van der Waals surface area contributed by atoms with Crippen molar-refractivity contribution >= 4 is 5.78 Å². The molecule has 2 aliphatic heterocycles. The molecule has 0 radical (unpaired) electrons. The van der Waals surface area contributed by atoms with Crippen LogP contribution in [0.2, 0.25) is 0 Å². The van der Waals surface area contributed by atoms with Crippen LogP contribution in [0.4, 0.5) is 0 Å². The maximum atomic E-state index is 11.2. The van der Waals surface area contributed by atoms with Gasteiger partial charge in [0, 0.05) is 24.4 Å². The van der Waals surface area contributed by atoms with Gasteiger partial charge in [0.2, 0.25) is 0 Å². The van der Waals surface area contributed by atoms with Gasteiger partial charge in [0.15, 0.2) is 11.9 Å². The lowest BCUT2D eigenvalue weighted by Gasteiger charge is -2.16. The Morgan fingerprint density at radius 2 is 2.27 bits per heavy atom. The molecule has 0 spiro atoms. The van der Waals surface area contributed by atoms with Gasteiger partial charge in [0.05, 0.1) is 0 Å². The van der Waals surface area contributed by atoms with Gasteiger partial charge in [0.25, 0.3) is 0 Å². The van der Waals surface area contributed by atoms with E-state index in [0.29, 0.717) is 12.2 Å². The van der Waals surface area contributed by atoms with Gasteiger partial charge in [-0.1, -0.05) is 0 Å². The smallest absolute Gasteiger partial charge is 0.177 e. The van der Waals surface area contributed by atoms with E-state index in [0.717, 1.165) is 12.2 Å². The molecule has 2 heterocycles. The lowest BCUT2D eigenvalue weighted by atomic mass is 10.3. The highest BCUT2D eigenvalue weighted by atomic mass is 16.1. The Labute approximate surface area is 66.1 Å². The van der Waals surface area contributed by atoms with E-state index in [1.54, 1.807) is 0 Å². The van der Waals surface area contributed by atoms with Gasteiger partial charge in [-0.15, -0.1) is 0 Å². The summed E-state index contributed by atoms with van der Waals surface area (Å²) >= 11 is 0. The molecule has 2 aliphatic rings. The maximum Gasteiger partial charge on any atom is 0.177 e. The van der Waals surface area contributed by atoms with Crippen LogP contribution in [-0.2, 0) is 4.79 Å². The zero-order chi connectivity index (χ0) is 8.01. The van der Waals surface area contributed by atoms with Crippen LogP contribution in [0.25, 0.3) is 0 Å². The number of nitrogens with one attached hydrogen (secondary N) is 1. The number of Topliss-reactive ketones (excluding diaryl/α,β-unsaturated/α-hetero) is 1. The third-order valence-corrected chi connectivity index (χ3v) is 2.54. The summed E-state index contributed by atoms with van der Waals surface area (Å²) in [5.74, 6) is 0.321. The van der Waals surface area contributed by atoms with Crippen molar-refractivity contribution < 1.29 is 4.79 Å². The van der Waals surface area contributed by atoms with Crippen molar-refractivity contribution in [3.05, 3.63) is 11.4 Å². The molecule has 1 N–H and O–H groups in total. The number of fused-ring (bicyclic) bond motifs is 1. The molecule has 3 heteroatoms. The molecule has 0 aromatic carbocycles. The summed E-state index contributed by atoms with van der Waals surface area (Å²) in [6.45, 7) is 4.96. The monoisotopic (exact) mass is 152 g/mol. The first-order chi connectivity index (χ1) is 5.20. The predicted molar refractivity (Wildman–Crippen MR) is 41.6 cm³/mol. The number of hydrogen-bond donors (Lipinski definition) is 1. The normalized spacial score (nSPS) is 29.5. The number of ketones is 1. The van der Waals surface area contributed by atoms with Gasteiger partial charge in [-0.3, -0.25) is 4.79 Å². The summed E-state index contributed by atoms with van der Waals surface area (Å²) in [5, 5.41) is 3.17. The number of hydrogen-bond acceptors (Lipinski definition) is 3. The molecule has 0 aromatic rings. The summed E-state index contributed by atoms with van der Waals surface area (Å²) in [4.78, 5) is 13.4. The van der Waals surface area contributed by atoms with E-state index in [9.17, 15) is 4.79 Å². The summed E-state index contributed by atoms with van der Waals surface area (Å²) in [7, 11) is 0. The topological polar surface area (TPSA) is 32.3 Å². The van der Waals surface area contributed by atoms with Crippen molar-refractivity contribution in [2.45, 2.75) is 26.4 Å². The predicted octanol–water partition coefficient (Wildman–Crippen LogP) is 0.442. The Bertz CT molecular complexity index is 244. The van der Waals surface area contributed by atoms with Crippen LogP contribution in [0.1, 0.15) is 20.3 Å². The van der Waals surface area contributed by atoms with E-state index in [1.165, 1.54) is 5.70 Å². The van der Waals surface area contributed by atoms with Gasteiger partial charge in [-0.25, -0.2) is 0 Å². The summed E-state index contributed by atoms with van der Waals surface area (Å²) in [5.41, 5.74) is 2.36. The fourth-order valence-electron chi connectivity index (χ4n) is 1.71. The van der Waals surface area contributed by atoms with Crippen molar-refractivity contribution in [1.82, 2.24) is 10.2 Å². The van der Waals surface area contributed by atoms with E-state index < -0.39 is 0 Å². The Hall–Kier alpha value is -0.990. The fraction of sp³-hybridized carbons (Fsp3) is 0.625. The average Bonchev–Trinajstić information content (AvgIpc) is 2.43. The highest BCUT2D eigenvalue weighted by Gasteiger charge is 2.37. The molecule has 1 fully saturated rings. The summed E-state index contributed by atoms with van der Waals surface area (Å²) in [6.07, 6.45) is 0.664. The molecule has 60 valence electrons. The van der Waals surface area contributed by atoms with Gasteiger partial charge < -0.3 is 10.2 Å². The third kappa shape index (κ3) is 0.768. The first kappa shape index (κ1) is 6.70. The molecule has 0 saturated carbocycles. The zero-order valence-corrected chi connectivity index (χ0v) is 6.85. The van der Waals surface area contributed by atoms with Gasteiger partial charge in [-0.05, 0) is 13.8 Å². The molecule has 1 atom stereocenters. The third-order valence-electron chi connectivity index (χ3n) is 2.54. The van der Waals surface area contributed by atoms with E-state index in [-0.39, 0.29) is 6.17 Å². The number of carbonyl (C=O) groups excluding carboxylic acids is 1. The minimum Gasteiger partial charge on any atom is -0.361 e. The standard InChI is InChI=1S/C8H12N2O/c1-5-6(2)10-4-3-7(11)8(10)9-5/h8-9H,3-4H2,1-2H3. The molecule has 0 aliphatic carbocycles. The minimum absolute atomic E-state index is 0.0324. The first-order valence-corrected chi connectivity index (χ1v) is 3.93. The van der Waals surface area contributed by atoms with Gasteiger partial charge in [-0.2, -0.15) is 0 Å². The molecular formula is C8H12N2O. The van der Waals surface area contributed by atoms with E-state index in [2.05, 4.69) is 17.1 Å². The molecule has 0 aromatic heterocycles. The largest absolute Gasteiger partial charge is 0.361 e. The van der Waals surface area contributed by atoms with Crippen LogP contribution in [0.15, 0.2) is 11.4 Å². The first-order valence-electron chi connectivity index (χ1n) is 3.93. The van der Waals surface area contributed by atoms with E-state index in [4.69, 9.17) is 0 Å². The second-order valence-electron chi connectivity index (χ2n) is 3.17.